The van der Waals surface area contributed by atoms with Crippen LogP contribution in [-0.2, 0) is 13.1 Å². The lowest BCUT2D eigenvalue weighted by atomic mass is 9.97. The second kappa shape index (κ2) is 7.73. The Morgan fingerprint density at radius 2 is 1.81 bits per heavy atom. The summed E-state index contributed by atoms with van der Waals surface area (Å²) >= 11 is 0. The fourth-order valence-corrected chi connectivity index (χ4v) is 4.26. The number of quaternary nitrogens is 1. The molecule has 4 rings (SSSR count). The number of nitrogens with one attached hydrogen (secondary N) is 2. The number of benzene rings is 2. The predicted molar refractivity (Wildman–Crippen MR) is 106 cm³/mol. The van der Waals surface area contributed by atoms with Gasteiger partial charge in [0, 0.05) is 36.4 Å². The van der Waals surface area contributed by atoms with Crippen LogP contribution in [0.4, 0.5) is 0 Å². The van der Waals surface area contributed by atoms with Gasteiger partial charge in [0.25, 0.3) is 5.91 Å². The van der Waals surface area contributed by atoms with E-state index < -0.39 is 0 Å². The molecule has 2 aliphatic heterocycles. The van der Waals surface area contributed by atoms with Crippen molar-refractivity contribution in [3.8, 4) is 5.75 Å². The van der Waals surface area contributed by atoms with Crippen LogP contribution in [0.25, 0.3) is 0 Å². The average Bonchev–Trinajstić information content (AvgIpc) is 3.29. The van der Waals surface area contributed by atoms with Gasteiger partial charge in [0.1, 0.15) is 18.4 Å². The van der Waals surface area contributed by atoms with Gasteiger partial charge in [-0.3, -0.25) is 4.79 Å². The normalized spacial score (nSPS) is 21.7. The highest BCUT2D eigenvalue weighted by atomic mass is 16.5. The number of rotatable bonds is 5. The molecule has 2 aromatic rings. The van der Waals surface area contributed by atoms with Crippen molar-refractivity contribution in [1.82, 2.24) is 5.32 Å². The Labute approximate surface area is 161 Å². The fraction of sp³-hybridized carbons (Fsp3) is 0.435. The summed E-state index contributed by atoms with van der Waals surface area (Å²) in [5, 5.41) is 3.11. The maximum absolute atomic E-state index is 12.9. The average molecular weight is 365 g/mol. The molecule has 0 aromatic heterocycles. The van der Waals surface area contributed by atoms with E-state index in [2.05, 4.69) is 49.5 Å². The maximum atomic E-state index is 12.9. The van der Waals surface area contributed by atoms with Crippen molar-refractivity contribution < 1.29 is 14.4 Å². The van der Waals surface area contributed by atoms with Crippen LogP contribution in [0, 0.1) is 0 Å². The summed E-state index contributed by atoms with van der Waals surface area (Å²) in [7, 11) is 0. The number of hydrogen-bond acceptors (Lipinski definition) is 2. The van der Waals surface area contributed by atoms with Crippen molar-refractivity contribution in [2.24, 2.45) is 0 Å². The Bertz CT molecular complexity index is 827. The molecule has 0 radical (unpaired) electrons. The van der Waals surface area contributed by atoms with Crippen LogP contribution in [0.2, 0.25) is 0 Å². The topological polar surface area (TPSA) is 42.8 Å². The van der Waals surface area contributed by atoms with Gasteiger partial charge in [-0.25, -0.2) is 0 Å². The van der Waals surface area contributed by atoms with Gasteiger partial charge in [-0.1, -0.05) is 43.3 Å². The van der Waals surface area contributed by atoms with Gasteiger partial charge in [0.15, 0.2) is 0 Å². The maximum Gasteiger partial charge on any atom is 0.255 e. The van der Waals surface area contributed by atoms with Gasteiger partial charge in [-0.05, 0) is 18.6 Å². The number of carbonyl (C=O) groups is 1. The van der Waals surface area contributed by atoms with Crippen molar-refractivity contribution in [2.45, 2.75) is 51.8 Å². The summed E-state index contributed by atoms with van der Waals surface area (Å²) < 4.78 is 5.97. The third-order valence-corrected chi connectivity index (χ3v) is 6.10. The van der Waals surface area contributed by atoms with Gasteiger partial charge in [-0.15, -0.1) is 0 Å². The fourth-order valence-electron chi connectivity index (χ4n) is 4.26. The zero-order valence-corrected chi connectivity index (χ0v) is 16.3. The number of carbonyl (C=O) groups excluding carboxylic acids is 1. The van der Waals surface area contributed by atoms with Gasteiger partial charge in [0.05, 0.1) is 18.7 Å². The van der Waals surface area contributed by atoms with E-state index in [1.807, 2.05) is 12.1 Å². The highest BCUT2D eigenvalue weighted by Crippen LogP contribution is 2.40. The monoisotopic (exact) mass is 365 g/mol. The standard InChI is InChI=1S/C23H28N2O2/c1-16-17(2)27-22-20(16)10-7-11-21(22)23(26)24-14-18-8-3-4-9-19(18)15-25-12-5-6-13-25/h3-4,7-11,16-17H,5-6,12-15H2,1-2H3,(H,24,26)/p+1/t16-,17+/m1/s1. The third-order valence-electron chi connectivity index (χ3n) is 6.10. The molecular weight excluding hydrogens is 336 g/mol. The van der Waals surface area contributed by atoms with E-state index >= 15 is 0 Å². The summed E-state index contributed by atoms with van der Waals surface area (Å²) in [4.78, 5) is 14.5. The highest BCUT2D eigenvalue weighted by molar-refractivity contribution is 5.97. The Morgan fingerprint density at radius 1 is 1.07 bits per heavy atom. The molecule has 2 N–H and O–H groups in total. The second-order valence-electron chi connectivity index (χ2n) is 7.92. The lowest BCUT2D eigenvalue weighted by Gasteiger charge is -2.16. The molecule has 2 aliphatic rings. The molecule has 0 bridgehead atoms. The Hall–Kier alpha value is -2.33. The van der Waals surface area contributed by atoms with E-state index in [1.165, 1.54) is 37.1 Å². The van der Waals surface area contributed by atoms with Crippen molar-refractivity contribution in [3.05, 3.63) is 64.7 Å². The summed E-state index contributed by atoms with van der Waals surface area (Å²) in [5.74, 6) is 1.01. The number of amides is 1. The minimum absolute atomic E-state index is 0.0588. The largest absolute Gasteiger partial charge is 0.489 e. The number of likely N-dealkylation sites (tertiary alicyclic amines) is 1. The van der Waals surface area contributed by atoms with Gasteiger partial charge in [0.2, 0.25) is 0 Å². The summed E-state index contributed by atoms with van der Waals surface area (Å²) in [6.07, 6.45) is 2.76. The molecule has 1 amide bonds. The lowest BCUT2D eigenvalue weighted by Crippen LogP contribution is -3.08. The number of hydrogen-bond donors (Lipinski definition) is 2. The van der Waals surface area contributed by atoms with Gasteiger partial charge >= 0.3 is 0 Å². The SMILES string of the molecule is C[C@@H]1Oc2c(C(=O)NCc3ccccc3C[NH+]3CCCC3)cccc2[C@@H]1C. The van der Waals surface area contributed by atoms with Gasteiger partial charge in [-0.2, -0.15) is 0 Å². The molecular formula is C23H29N2O2+. The van der Waals surface area contributed by atoms with E-state index in [0.29, 0.717) is 18.0 Å². The van der Waals surface area contributed by atoms with Crippen LogP contribution in [0.3, 0.4) is 0 Å². The molecule has 0 aliphatic carbocycles. The molecule has 4 nitrogen and oxygen atoms in total. The molecule has 4 heteroatoms. The van der Waals surface area contributed by atoms with Gasteiger partial charge < -0.3 is 15.0 Å². The van der Waals surface area contributed by atoms with Crippen molar-refractivity contribution >= 4 is 5.91 Å². The third kappa shape index (κ3) is 3.72. The molecule has 27 heavy (non-hydrogen) atoms. The molecule has 0 saturated carbocycles. The van der Waals surface area contributed by atoms with E-state index in [0.717, 1.165) is 17.9 Å². The minimum atomic E-state index is -0.0588. The first-order valence-electron chi connectivity index (χ1n) is 10.1. The van der Waals surface area contributed by atoms with Crippen LogP contribution < -0.4 is 15.0 Å². The molecule has 1 fully saturated rings. The predicted octanol–water partition coefficient (Wildman–Crippen LogP) is 2.68. The lowest BCUT2D eigenvalue weighted by molar-refractivity contribution is -0.901. The molecule has 2 atom stereocenters. The Kier molecular flexibility index (Phi) is 5.17. The summed E-state index contributed by atoms with van der Waals surface area (Å²) in [6, 6.07) is 14.3. The Morgan fingerprint density at radius 3 is 2.59 bits per heavy atom. The van der Waals surface area contributed by atoms with Crippen LogP contribution in [0.1, 0.15) is 59.7 Å². The smallest absolute Gasteiger partial charge is 0.255 e. The highest BCUT2D eigenvalue weighted by Gasteiger charge is 2.31. The first-order chi connectivity index (χ1) is 13.1. The molecule has 2 heterocycles. The summed E-state index contributed by atoms with van der Waals surface area (Å²) in [6.45, 7) is 8.31. The van der Waals surface area contributed by atoms with Crippen LogP contribution in [-0.4, -0.2) is 25.1 Å². The zero-order chi connectivity index (χ0) is 18.8. The second-order valence-corrected chi connectivity index (χ2v) is 7.92. The molecule has 142 valence electrons. The number of para-hydroxylation sites is 1. The number of fused-ring (bicyclic) bond motifs is 1. The van der Waals surface area contributed by atoms with Crippen molar-refractivity contribution in [1.29, 1.82) is 0 Å². The molecule has 0 unspecified atom stereocenters. The first-order valence-corrected chi connectivity index (χ1v) is 10.1. The zero-order valence-electron chi connectivity index (χ0n) is 16.3. The van der Waals surface area contributed by atoms with E-state index in [9.17, 15) is 4.79 Å². The molecule has 2 aromatic carbocycles. The van der Waals surface area contributed by atoms with Crippen molar-refractivity contribution in [3.63, 3.8) is 0 Å². The van der Waals surface area contributed by atoms with Crippen LogP contribution in [0.15, 0.2) is 42.5 Å². The molecule has 1 saturated heterocycles. The van der Waals surface area contributed by atoms with Crippen molar-refractivity contribution in [2.75, 3.05) is 13.1 Å². The van der Waals surface area contributed by atoms with Crippen LogP contribution in [0.5, 0.6) is 5.75 Å². The Balaban J connectivity index is 1.47. The van der Waals surface area contributed by atoms with Crippen LogP contribution >= 0.6 is 0 Å². The first kappa shape index (κ1) is 18.1. The minimum Gasteiger partial charge on any atom is -0.489 e. The van der Waals surface area contributed by atoms with E-state index in [4.69, 9.17) is 4.74 Å². The van der Waals surface area contributed by atoms with E-state index in [1.54, 1.807) is 4.90 Å². The summed E-state index contributed by atoms with van der Waals surface area (Å²) in [5.41, 5.74) is 4.33. The molecule has 0 spiro atoms. The number of ether oxygens (including phenoxy) is 1. The van der Waals surface area contributed by atoms with E-state index in [-0.39, 0.29) is 12.0 Å². The quantitative estimate of drug-likeness (QED) is 0.856.